The second-order valence-corrected chi connectivity index (χ2v) is 5.17. The number of nitrogens with two attached hydrogens (primary N) is 1. The van der Waals surface area contributed by atoms with E-state index in [2.05, 4.69) is 4.90 Å². The smallest absolute Gasteiger partial charge is 0.126 e. The second-order valence-electron chi connectivity index (χ2n) is 5.17. The van der Waals surface area contributed by atoms with Gasteiger partial charge in [-0.1, -0.05) is 6.42 Å². The Bertz CT molecular complexity index is 392. The fourth-order valence-electron chi connectivity index (χ4n) is 2.75. The summed E-state index contributed by atoms with van der Waals surface area (Å²) in [4.78, 5) is 2.24. The van der Waals surface area contributed by atoms with Gasteiger partial charge in [0.15, 0.2) is 0 Å². The van der Waals surface area contributed by atoms with E-state index >= 15 is 0 Å². The Morgan fingerprint density at radius 3 is 2.47 bits per heavy atom. The van der Waals surface area contributed by atoms with Crippen molar-refractivity contribution in [2.75, 3.05) is 6.54 Å². The molecule has 1 aliphatic heterocycles. The van der Waals surface area contributed by atoms with Crippen LogP contribution in [0.3, 0.4) is 0 Å². The van der Waals surface area contributed by atoms with Gasteiger partial charge in [-0.2, -0.15) is 0 Å². The van der Waals surface area contributed by atoms with Gasteiger partial charge in [0.05, 0.1) is 0 Å². The zero-order valence-corrected chi connectivity index (χ0v) is 11.9. The molecule has 0 spiro atoms. The highest BCUT2D eigenvalue weighted by atomic mass is 35.5. The minimum absolute atomic E-state index is 0. The summed E-state index contributed by atoms with van der Waals surface area (Å²) < 4.78 is 26.3. The van der Waals surface area contributed by atoms with E-state index in [0.717, 1.165) is 25.5 Å². The molecule has 108 valence electrons. The van der Waals surface area contributed by atoms with Crippen molar-refractivity contribution in [3.63, 3.8) is 0 Å². The number of likely N-dealkylation sites (tertiary alicyclic amines) is 1. The summed E-state index contributed by atoms with van der Waals surface area (Å²) in [5.74, 6) is -1.03. The fourth-order valence-corrected chi connectivity index (χ4v) is 2.75. The fraction of sp³-hybridized carbons (Fsp3) is 0.571. The van der Waals surface area contributed by atoms with Crippen LogP contribution in [0.2, 0.25) is 0 Å². The highest BCUT2D eigenvalue weighted by Gasteiger charge is 2.25. The third-order valence-corrected chi connectivity index (χ3v) is 3.58. The van der Waals surface area contributed by atoms with E-state index < -0.39 is 11.6 Å². The molecule has 1 aromatic carbocycles. The first kappa shape index (κ1) is 16.3. The predicted molar refractivity (Wildman–Crippen MR) is 75.3 cm³/mol. The Labute approximate surface area is 119 Å². The predicted octanol–water partition coefficient (Wildman–Crippen LogP) is 3.09. The first-order valence-corrected chi connectivity index (χ1v) is 6.51. The Morgan fingerprint density at radius 2 is 1.89 bits per heavy atom. The number of benzene rings is 1. The molecule has 1 fully saturated rings. The van der Waals surface area contributed by atoms with Crippen molar-refractivity contribution in [1.82, 2.24) is 4.90 Å². The third kappa shape index (κ3) is 4.41. The zero-order valence-electron chi connectivity index (χ0n) is 11.1. The van der Waals surface area contributed by atoms with Crippen LogP contribution in [-0.2, 0) is 6.54 Å². The summed E-state index contributed by atoms with van der Waals surface area (Å²) >= 11 is 0. The molecule has 0 radical (unpaired) electrons. The van der Waals surface area contributed by atoms with E-state index in [1.807, 2.05) is 6.92 Å². The van der Waals surface area contributed by atoms with Crippen molar-refractivity contribution in [3.8, 4) is 0 Å². The van der Waals surface area contributed by atoms with E-state index in [1.165, 1.54) is 18.6 Å². The maximum atomic E-state index is 13.2. The number of hydrogen-bond acceptors (Lipinski definition) is 2. The van der Waals surface area contributed by atoms with Crippen molar-refractivity contribution in [1.29, 1.82) is 0 Å². The molecular weight excluding hydrogens is 270 g/mol. The standard InChI is InChI=1S/C14H20F2N2.ClH/c1-10(17)14-4-2-3-5-18(14)9-11-6-12(15)8-13(16)7-11;/h6-8,10,14H,2-5,9,17H2,1H3;1H. The number of rotatable bonds is 3. The minimum Gasteiger partial charge on any atom is -0.327 e. The molecule has 1 saturated heterocycles. The molecule has 1 heterocycles. The monoisotopic (exact) mass is 290 g/mol. The Kier molecular flexibility index (Phi) is 6.17. The van der Waals surface area contributed by atoms with Gasteiger partial charge in [0.1, 0.15) is 11.6 Å². The molecule has 2 unspecified atom stereocenters. The van der Waals surface area contributed by atoms with E-state index in [9.17, 15) is 8.78 Å². The van der Waals surface area contributed by atoms with Gasteiger partial charge in [-0.3, -0.25) is 4.90 Å². The Balaban J connectivity index is 0.00000180. The molecule has 1 aliphatic rings. The lowest BCUT2D eigenvalue weighted by molar-refractivity contribution is 0.123. The van der Waals surface area contributed by atoms with E-state index in [4.69, 9.17) is 5.73 Å². The molecule has 2 atom stereocenters. The van der Waals surface area contributed by atoms with Crippen molar-refractivity contribution in [2.45, 2.75) is 44.8 Å². The van der Waals surface area contributed by atoms with Crippen LogP contribution in [0.4, 0.5) is 8.78 Å². The normalized spacial score (nSPS) is 21.8. The topological polar surface area (TPSA) is 29.3 Å². The second kappa shape index (κ2) is 7.17. The van der Waals surface area contributed by atoms with Crippen molar-refractivity contribution in [3.05, 3.63) is 35.4 Å². The molecule has 2 nitrogen and oxygen atoms in total. The van der Waals surface area contributed by atoms with Crippen LogP contribution in [-0.4, -0.2) is 23.5 Å². The van der Waals surface area contributed by atoms with E-state index in [0.29, 0.717) is 18.2 Å². The summed E-state index contributed by atoms with van der Waals surface area (Å²) in [6.07, 6.45) is 3.37. The Morgan fingerprint density at radius 1 is 1.26 bits per heavy atom. The number of hydrogen-bond donors (Lipinski definition) is 1. The lowest BCUT2D eigenvalue weighted by atomic mass is 9.96. The summed E-state index contributed by atoms with van der Waals surface area (Å²) in [7, 11) is 0. The van der Waals surface area contributed by atoms with Crippen LogP contribution >= 0.6 is 12.4 Å². The van der Waals surface area contributed by atoms with Crippen molar-refractivity contribution in [2.24, 2.45) is 5.73 Å². The first-order chi connectivity index (χ1) is 8.56. The van der Waals surface area contributed by atoms with Crippen LogP contribution in [0.5, 0.6) is 0 Å². The molecule has 2 rings (SSSR count). The van der Waals surface area contributed by atoms with Crippen LogP contribution in [0.15, 0.2) is 18.2 Å². The largest absolute Gasteiger partial charge is 0.327 e. The quantitative estimate of drug-likeness (QED) is 0.927. The van der Waals surface area contributed by atoms with Gasteiger partial charge in [0, 0.05) is 24.7 Å². The van der Waals surface area contributed by atoms with E-state index in [1.54, 1.807) is 0 Å². The Hall–Kier alpha value is -0.710. The van der Waals surface area contributed by atoms with Crippen LogP contribution in [0.25, 0.3) is 0 Å². The van der Waals surface area contributed by atoms with Gasteiger partial charge in [-0.15, -0.1) is 12.4 Å². The molecule has 0 bridgehead atoms. The van der Waals surface area contributed by atoms with Gasteiger partial charge in [-0.05, 0) is 44.0 Å². The van der Waals surface area contributed by atoms with Crippen molar-refractivity contribution < 1.29 is 8.78 Å². The molecule has 2 N–H and O–H groups in total. The first-order valence-electron chi connectivity index (χ1n) is 6.51. The molecule has 5 heteroatoms. The summed E-state index contributed by atoms with van der Waals surface area (Å²) in [5.41, 5.74) is 6.66. The molecule has 0 saturated carbocycles. The van der Waals surface area contributed by atoms with Crippen LogP contribution < -0.4 is 5.73 Å². The molecule has 0 aromatic heterocycles. The lowest BCUT2D eigenvalue weighted by Gasteiger charge is -2.38. The van der Waals surface area contributed by atoms with Gasteiger partial charge in [-0.25, -0.2) is 8.78 Å². The number of nitrogens with zero attached hydrogens (tertiary/aromatic N) is 1. The third-order valence-electron chi connectivity index (χ3n) is 3.58. The van der Waals surface area contributed by atoms with Gasteiger partial charge >= 0.3 is 0 Å². The summed E-state index contributed by atoms with van der Waals surface area (Å²) in [5, 5.41) is 0. The zero-order chi connectivity index (χ0) is 13.1. The average Bonchev–Trinajstić information content (AvgIpc) is 2.27. The highest BCUT2D eigenvalue weighted by molar-refractivity contribution is 5.85. The van der Waals surface area contributed by atoms with Gasteiger partial charge in [0.2, 0.25) is 0 Å². The molecule has 19 heavy (non-hydrogen) atoms. The van der Waals surface area contributed by atoms with Crippen LogP contribution in [0, 0.1) is 11.6 Å². The van der Waals surface area contributed by atoms with E-state index in [-0.39, 0.29) is 18.4 Å². The minimum atomic E-state index is -0.514. The number of piperidine rings is 1. The molecular formula is C14H21ClF2N2. The van der Waals surface area contributed by atoms with Crippen molar-refractivity contribution >= 4 is 12.4 Å². The maximum absolute atomic E-state index is 13.2. The molecule has 0 amide bonds. The van der Waals surface area contributed by atoms with Crippen LogP contribution in [0.1, 0.15) is 31.7 Å². The summed E-state index contributed by atoms with van der Waals surface area (Å²) in [6, 6.07) is 4.10. The average molecular weight is 291 g/mol. The lowest BCUT2D eigenvalue weighted by Crippen LogP contribution is -2.48. The van der Waals surface area contributed by atoms with Gasteiger partial charge < -0.3 is 5.73 Å². The summed E-state index contributed by atoms with van der Waals surface area (Å²) in [6.45, 7) is 3.51. The molecule has 0 aliphatic carbocycles. The highest BCUT2D eigenvalue weighted by Crippen LogP contribution is 2.22. The maximum Gasteiger partial charge on any atom is 0.126 e. The number of halogens is 3. The SMILES string of the molecule is CC(N)C1CCCCN1Cc1cc(F)cc(F)c1.Cl. The van der Waals surface area contributed by atoms with Gasteiger partial charge in [0.25, 0.3) is 0 Å². The molecule has 1 aromatic rings.